The molecule has 112 valence electrons. The van der Waals surface area contributed by atoms with Crippen molar-refractivity contribution in [3.05, 3.63) is 29.8 Å². The molecule has 1 atom stereocenters. The van der Waals surface area contributed by atoms with Gasteiger partial charge in [0.2, 0.25) is 10.0 Å². The maximum atomic E-state index is 12.4. The third-order valence-corrected chi connectivity index (χ3v) is 5.07. The zero-order valence-electron chi connectivity index (χ0n) is 11.5. The molecule has 2 rings (SSSR count). The standard InChI is InChI=1S/C13H20N2O4S/c1-18-13(6-7-19-10-13)9-15-20(16,17)12-5-3-2-4-11(12)8-14/h2-5,15H,6-10,14H2,1H3. The Labute approximate surface area is 119 Å². The summed E-state index contributed by atoms with van der Waals surface area (Å²) in [6, 6.07) is 6.70. The predicted molar refractivity (Wildman–Crippen MR) is 74.7 cm³/mol. The smallest absolute Gasteiger partial charge is 0.240 e. The Kier molecular flexibility index (Phi) is 4.77. The van der Waals surface area contributed by atoms with Crippen LogP contribution in [-0.2, 0) is 26.0 Å². The summed E-state index contributed by atoms with van der Waals surface area (Å²) in [7, 11) is -2.04. The van der Waals surface area contributed by atoms with E-state index in [4.69, 9.17) is 15.2 Å². The largest absolute Gasteiger partial charge is 0.378 e. The summed E-state index contributed by atoms with van der Waals surface area (Å²) in [6.45, 7) is 1.33. The van der Waals surface area contributed by atoms with Crippen LogP contribution in [0, 0.1) is 0 Å². The molecule has 1 heterocycles. The highest BCUT2D eigenvalue weighted by Crippen LogP contribution is 2.23. The van der Waals surface area contributed by atoms with E-state index in [2.05, 4.69) is 4.72 Å². The summed E-state index contributed by atoms with van der Waals surface area (Å²) in [5.41, 5.74) is 5.59. The molecule has 1 aromatic rings. The molecule has 0 saturated carbocycles. The van der Waals surface area contributed by atoms with Gasteiger partial charge in [0, 0.05) is 33.2 Å². The molecule has 0 spiro atoms. The number of rotatable bonds is 6. The van der Waals surface area contributed by atoms with E-state index in [1.807, 2.05) is 0 Å². The molecule has 0 aromatic heterocycles. The second kappa shape index (κ2) is 6.19. The van der Waals surface area contributed by atoms with Gasteiger partial charge in [-0.2, -0.15) is 0 Å². The molecule has 1 fully saturated rings. The minimum Gasteiger partial charge on any atom is -0.378 e. The van der Waals surface area contributed by atoms with E-state index < -0.39 is 15.6 Å². The Morgan fingerprint density at radius 1 is 1.45 bits per heavy atom. The SMILES string of the molecule is COC1(CNS(=O)(=O)c2ccccc2CN)CCOC1. The molecule has 1 aliphatic rings. The van der Waals surface area contributed by atoms with Crippen molar-refractivity contribution in [3.8, 4) is 0 Å². The Bertz CT molecular complexity index is 553. The molecule has 1 aliphatic heterocycles. The Hall–Kier alpha value is -0.990. The van der Waals surface area contributed by atoms with Gasteiger partial charge in [-0.25, -0.2) is 13.1 Å². The van der Waals surface area contributed by atoms with Crippen molar-refractivity contribution < 1.29 is 17.9 Å². The number of hydrogen-bond donors (Lipinski definition) is 2. The number of benzene rings is 1. The zero-order chi connectivity index (χ0) is 14.6. The summed E-state index contributed by atoms with van der Waals surface area (Å²) in [6.07, 6.45) is 0.671. The van der Waals surface area contributed by atoms with Gasteiger partial charge in [-0.3, -0.25) is 0 Å². The van der Waals surface area contributed by atoms with Crippen LogP contribution in [0.3, 0.4) is 0 Å². The van der Waals surface area contributed by atoms with Crippen molar-refractivity contribution in [1.29, 1.82) is 0 Å². The van der Waals surface area contributed by atoms with Crippen molar-refractivity contribution in [2.45, 2.75) is 23.5 Å². The van der Waals surface area contributed by atoms with Gasteiger partial charge in [-0.1, -0.05) is 18.2 Å². The van der Waals surface area contributed by atoms with Crippen LogP contribution in [-0.4, -0.2) is 40.9 Å². The van der Waals surface area contributed by atoms with Gasteiger partial charge in [0.05, 0.1) is 11.5 Å². The first-order valence-corrected chi connectivity index (χ1v) is 7.92. The van der Waals surface area contributed by atoms with E-state index in [9.17, 15) is 8.42 Å². The predicted octanol–water partition coefficient (Wildman–Crippen LogP) is 0.229. The summed E-state index contributed by atoms with van der Waals surface area (Å²) < 4.78 is 38.0. The monoisotopic (exact) mass is 300 g/mol. The van der Waals surface area contributed by atoms with Gasteiger partial charge in [0.15, 0.2) is 0 Å². The van der Waals surface area contributed by atoms with E-state index in [1.165, 1.54) is 0 Å². The molecule has 0 radical (unpaired) electrons. The van der Waals surface area contributed by atoms with Gasteiger partial charge in [-0.15, -0.1) is 0 Å². The molecular formula is C13H20N2O4S. The normalized spacial score (nSPS) is 23.1. The molecule has 0 aliphatic carbocycles. The van der Waals surface area contributed by atoms with Gasteiger partial charge < -0.3 is 15.2 Å². The van der Waals surface area contributed by atoms with E-state index in [0.717, 1.165) is 0 Å². The lowest BCUT2D eigenvalue weighted by Gasteiger charge is -2.26. The number of sulfonamides is 1. The van der Waals surface area contributed by atoms with Crippen LogP contribution in [0.4, 0.5) is 0 Å². The quantitative estimate of drug-likeness (QED) is 0.785. The molecule has 0 bridgehead atoms. The highest BCUT2D eigenvalue weighted by Gasteiger charge is 2.36. The Balaban J connectivity index is 2.15. The van der Waals surface area contributed by atoms with Crippen LogP contribution in [0.5, 0.6) is 0 Å². The average molecular weight is 300 g/mol. The van der Waals surface area contributed by atoms with Crippen molar-refractivity contribution in [3.63, 3.8) is 0 Å². The lowest BCUT2D eigenvalue weighted by Crippen LogP contribution is -2.45. The molecule has 1 saturated heterocycles. The lowest BCUT2D eigenvalue weighted by atomic mass is 10.0. The Morgan fingerprint density at radius 3 is 2.80 bits per heavy atom. The minimum atomic E-state index is -3.60. The highest BCUT2D eigenvalue weighted by atomic mass is 32.2. The van der Waals surface area contributed by atoms with Crippen LogP contribution in [0.2, 0.25) is 0 Å². The fourth-order valence-electron chi connectivity index (χ4n) is 2.20. The number of nitrogens with one attached hydrogen (secondary N) is 1. The highest BCUT2D eigenvalue weighted by molar-refractivity contribution is 7.89. The van der Waals surface area contributed by atoms with Crippen LogP contribution in [0.15, 0.2) is 29.2 Å². The van der Waals surface area contributed by atoms with Gasteiger partial charge in [-0.05, 0) is 11.6 Å². The third kappa shape index (κ3) is 3.18. The van der Waals surface area contributed by atoms with Crippen LogP contribution in [0.25, 0.3) is 0 Å². The molecule has 7 heteroatoms. The average Bonchev–Trinajstić information content (AvgIpc) is 2.95. The first-order chi connectivity index (χ1) is 9.53. The second-order valence-corrected chi connectivity index (χ2v) is 6.56. The fraction of sp³-hybridized carbons (Fsp3) is 0.538. The molecule has 0 amide bonds. The van der Waals surface area contributed by atoms with E-state index >= 15 is 0 Å². The first kappa shape index (κ1) is 15.4. The molecule has 3 N–H and O–H groups in total. The van der Waals surface area contributed by atoms with Crippen molar-refractivity contribution >= 4 is 10.0 Å². The second-order valence-electron chi connectivity index (χ2n) is 4.83. The van der Waals surface area contributed by atoms with E-state index in [1.54, 1.807) is 31.4 Å². The number of ether oxygens (including phenoxy) is 2. The topological polar surface area (TPSA) is 90.7 Å². The molecular weight excluding hydrogens is 280 g/mol. The first-order valence-electron chi connectivity index (χ1n) is 6.43. The number of methoxy groups -OCH3 is 1. The lowest BCUT2D eigenvalue weighted by molar-refractivity contribution is -0.0120. The number of hydrogen-bond acceptors (Lipinski definition) is 5. The maximum absolute atomic E-state index is 12.4. The summed E-state index contributed by atoms with van der Waals surface area (Å²) in [5.74, 6) is 0. The van der Waals surface area contributed by atoms with Gasteiger partial charge in [0.1, 0.15) is 5.60 Å². The summed E-state index contributed by atoms with van der Waals surface area (Å²) in [4.78, 5) is 0.215. The van der Waals surface area contributed by atoms with Gasteiger partial charge in [0.25, 0.3) is 0 Å². The van der Waals surface area contributed by atoms with E-state index in [-0.39, 0.29) is 18.0 Å². The Morgan fingerprint density at radius 2 is 2.20 bits per heavy atom. The van der Waals surface area contributed by atoms with Crippen molar-refractivity contribution in [2.24, 2.45) is 5.73 Å². The van der Waals surface area contributed by atoms with Crippen molar-refractivity contribution in [1.82, 2.24) is 4.72 Å². The van der Waals surface area contributed by atoms with Gasteiger partial charge >= 0.3 is 0 Å². The summed E-state index contributed by atoms with van der Waals surface area (Å²) >= 11 is 0. The molecule has 1 unspecified atom stereocenters. The van der Waals surface area contributed by atoms with Crippen molar-refractivity contribution in [2.75, 3.05) is 26.9 Å². The molecule has 20 heavy (non-hydrogen) atoms. The van der Waals surface area contributed by atoms with Crippen LogP contribution in [0.1, 0.15) is 12.0 Å². The third-order valence-electron chi connectivity index (χ3n) is 3.57. The molecule has 1 aromatic carbocycles. The van der Waals surface area contributed by atoms with E-state index in [0.29, 0.717) is 25.2 Å². The van der Waals surface area contributed by atoms with Crippen LogP contribution < -0.4 is 10.5 Å². The summed E-state index contributed by atoms with van der Waals surface area (Å²) in [5, 5.41) is 0. The maximum Gasteiger partial charge on any atom is 0.240 e. The fourth-order valence-corrected chi connectivity index (χ4v) is 3.56. The van der Waals surface area contributed by atoms with Crippen LogP contribution >= 0.6 is 0 Å². The number of nitrogens with two attached hydrogens (primary N) is 1. The minimum absolute atomic E-state index is 0.176. The zero-order valence-corrected chi connectivity index (χ0v) is 12.3. The molecule has 6 nitrogen and oxygen atoms in total.